The van der Waals surface area contributed by atoms with Crippen molar-refractivity contribution in [3.8, 4) is 0 Å². The quantitative estimate of drug-likeness (QED) is 0.483. The van der Waals surface area contributed by atoms with Gasteiger partial charge in [0.05, 0.1) is 11.1 Å². The lowest BCUT2D eigenvalue weighted by Gasteiger charge is -2.05. The van der Waals surface area contributed by atoms with E-state index in [1.807, 2.05) is 11.8 Å². The summed E-state index contributed by atoms with van der Waals surface area (Å²) < 4.78 is 0. The van der Waals surface area contributed by atoms with Gasteiger partial charge in [0.25, 0.3) is 0 Å². The van der Waals surface area contributed by atoms with Crippen LogP contribution in [-0.4, -0.2) is 17.3 Å². The molecule has 2 heteroatoms. The molecule has 1 aliphatic carbocycles. The van der Waals surface area contributed by atoms with E-state index < -0.39 is 0 Å². The van der Waals surface area contributed by atoms with Gasteiger partial charge in [-0.3, -0.25) is 4.99 Å². The van der Waals surface area contributed by atoms with Crippen LogP contribution < -0.4 is 0 Å². The summed E-state index contributed by atoms with van der Waals surface area (Å²) in [5.41, 5.74) is 0. The van der Waals surface area contributed by atoms with Gasteiger partial charge in [0.2, 0.25) is 0 Å². The van der Waals surface area contributed by atoms with Crippen molar-refractivity contribution >= 4 is 16.8 Å². The molecule has 1 fully saturated rings. The van der Waals surface area contributed by atoms with Crippen molar-refractivity contribution < 1.29 is 0 Å². The van der Waals surface area contributed by atoms with Gasteiger partial charge < -0.3 is 0 Å². The van der Waals surface area contributed by atoms with Crippen molar-refractivity contribution in [1.29, 1.82) is 0 Å². The Bertz CT molecular complexity index is 159. The molecule has 0 amide bonds. The number of rotatable bonds is 4. The van der Waals surface area contributed by atoms with Crippen LogP contribution in [0.2, 0.25) is 0 Å². The largest absolute Gasteiger partial charge is 0.280 e. The van der Waals surface area contributed by atoms with E-state index in [2.05, 4.69) is 25.1 Å². The highest BCUT2D eigenvalue weighted by Gasteiger charge is 2.20. The van der Waals surface area contributed by atoms with Gasteiger partial charge in [0.1, 0.15) is 0 Å². The number of nitrogens with zero attached hydrogens (tertiary/aromatic N) is 1. The number of hydrogen-bond donors (Lipinski definition) is 0. The monoisotopic (exact) mass is 185 g/mol. The van der Waals surface area contributed by atoms with Crippen molar-refractivity contribution in [2.75, 3.05) is 6.26 Å². The molecule has 1 rings (SSSR count). The number of aliphatic imine (C=N–C) groups is 1. The fraction of sp³-hybridized carbons (Fsp3) is 0.900. The molecule has 0 aliphatic heterocycles. The van der Waals surface area contributed by atoms with E-state index in [1.54, 1.807) is 0 Å². The maximum absolute atomic E-state index is 4.66. The predicted octanol–water partition coefficient (Wildman–Crippen LogP) is 3.35. The van der Waals surface area contributed by atoms with Crippen molar-refractivity contribution in [2.45, 2.75) is 45.6 Å². The van der Waals surface area contributed by atoms with Crippen molar-refractivity contribution in [2.24, 2.45) is 10.9 Å². The van der Waals surface area contributed by atoms with Gasteiger partial charge in [-0.15, -0.1) is 11.8 Å². The molecule has 0 spiro atoms. The Morgan fingerprint density at radius 2 is 2.17 bits per heavy atom. The molecule has 0 heterocycles. The molecular formula is C10H19NS. The third-order valence-electron chi connectivity index (χ3n) is 2.04. The zero-order chi connectivity index (χ0) is 8.97. The molecule has 0 N–H and O–H groups in total. The molecule has 0 bridgehead atoms. The minimum atomic E-state index is 0.694. The Balaban J connectivity index is 2.24. The summed E-state index contributed by atoms with van der Waals surface area (Å²) in [5.74, 6) is 0.807. The summed E-state index contributed by atoms with van der Waals surface area (Å²) in [6.07, 6.45) is 7.26. The van der Waals surface area contributed by atoms with E-state index >= 15 is 0 Å². The smallest absolute Gasteiger partial charge is 0.0676 e. The average Bonchev–Trinajstić information content (AvgIpc) is 2.81. The standard InChI is InChI=1S/C10H19NS/c1-8(2)4-7-10(12-3)11-9-5-6-9/h8-9H,4-7H2,1-3H3/b11-10+. The summed E-state index contributed by atoms with van der Waals surface area (Å²) in [6.45, 7) is 4.55. The van der Waals surface area contributed by atoms with Gasteiger partial charge in [-0.05, 0) is 37.9 Å². The zero-order valence-corrected chi connectivity index (χ0v) is 9.16. The molecule has 0 aromatic carbocycles. The fourth-order valence-corrected chi connectivity index (χ4v) is 1.62. The lowest BCUT2D eigenvalue weighted by molar-refractivity contribution is 0.605. The molecule has 70 valence electrons. The molecule has 1 nitrogen and oxygen atoms in total. The highest BCUT2D eigenvalue weighted by Crippen LogP contribution is 2.26. The fourth-order valence-electron chi connectivity index (χ4n) is 1.04. The van der Waals surface area contributed by atoms with Gasteiger partial charge in [-0.1, -0.05) is 13.8 Å². The van der Waals surface area contributed by atoms with E-state index in [0.29, 0.717) is 6.04 Å². The minimum Gasteiger partial charge on any atom is -0.280 e. The van der Waals surface area contributed by atoms with Crippen LogP contribution in [-0.2, 0) is 0 Å². The molecule has 0 radical (unpaired) electrons. The Morgan fingerprint density at radius 3 is 2.58 bits per heavy atom. The van der Waals surface area contributed by atoms with E-state index in [4.69, 9.17) is 0 Å². The molecule has 0 saturated heterocycles. The highest BCUT2D eigenvalue weighted by atomic mass is 32.2. The van der Waals surface area contributed by atoms with Crippen LogP contribution in [0.5, 0.6) is 0 Å². The number of hydrogen-bond acceptors (Lipinski definition) is 2. The first-order chi connectivity index (χ1) is 5.72. The second kappa shape index (κ2) is 4.90. The molecule has 0 aromatic rings. The van der Waals surface area contributed by atoms with Crippen LogP contribution >= 0.6 is 11.8 Å². The van der Waals surface area contributed by atoms with Crippen LogP contribution in [0.3, 0.4) is 0 Å². The second-order valence-corrected chi connectivity index (χ2v) is 4.77. The Hall–Kier alpha value is 0.0200. The van der Waals surface area contributed by atoms with Gasteiger partial charge in [0.15, 0.2) is 0 Å². The second-order valence-electron chi connectivity index (χ2n) is 3.89. The molecule has 0 aromatic heterocycles. The van der Waals surface area contributed by atoms with E-state index in [9.17, 15) is 0 Å². The molecule has 0 unspecified atom stereocenters. The zero-order valence-electron chi connectivity index (χ0n) is 8.34. The first-order valence-electron chi connectivity index (χ1n) is 4.83. The Labute approximate surface area is 80.0 Å². The first kappa shape index (κ1) is 10.1. The van der Waals surface area contributed by atoms with Crippen LogP contribution in [0.4, 0.5) is 0 Å². The summed E-state index contributed by atoms with van der Waals surface area (Å²) in [4.78, 5) is 4.66. The van der Waals surface area contributed by atoms with E-state index in [0.717, 1.165) is 5.92 Å². The third kappa shape index (κ3) is 4.15. The van der Waals surface area contributed by atoms with Crippen LogP contribution in [0.15, 0.2) is 4.99 Å². The predicted molar refractivity (Wildman–Crippen MR) is 58.0 cm³/mol. The number of thioether (sulfide) groups is 1. The Kier molecular flexibility index (Phi) is 4.13. The van der Waals surface area contributed by atoms with Gasteiger partial charge in [0, 0.05) is 0 Å². The van der Waals surface area contributed by atoms with Gasteiger partial charge >= 0.3 is 0 Å². The molecule has 0 atom stereocenters. The summed E-state index contributed by atoms with van der Waals surface area (Å²) >= 11 is 1.83. The van der Waals surface area contributed by atoms with E-state index in [-0.39, 0.29) is 0 Å². The minimum absolute atomic E-state index is 0.694. The normalized spacial score (nSPS) is 18.8. The third-order valence-corrected chi connectivity index (χ3v) is 2.83. The van der Waals surface area contributed by atoms with Crippen molar-refractivity contribution in [3.63, 3.8) is 0 Å². The lowest BCUT2D eigenvalue weighted by Crippen LogP contribution is -1.97. The van der Waals surface area contributed by atoms with E-state index in [1.165, 1.54) is 30.7 Å². The molecular weight excluding hydrogens is 166 g/mol. The summed E-state index contributed by atoms with van der Waals surface area (Å²) in [5, 5.41) is 1.37. The van der Waals surface area contributed by atoms with Gasteiger partial charge in [-0.2, -0.15) is 0 Å². The lowest BCUT2D eigenvalue weighted by atomic mass is 10.1. The van der Waals surface area contributed by atoms with Gasteiger partial charge in [-0.25, -0.2) is 0 Å². The molecule has 12 heavy (non-hydrogen) atoms. The topological polar surface area (TPSA) is 12.4 Å². The van der Waals surface area contributed by atoms with Crippen molar-refractivity contribution in [3.05, 3.63) is 0 Å². The van der Waals surface area contributed by atoms with Crippen LogP contribution in [0.1, 0.15) is 39.5 Å². The molecule has 1 saturated carbocycles. The summed E-state index contributed by atoms with van der Waals surface area (Å²) in [7, 11) is 0. The summed E-state index contributed by atoms with van der Waals surface area (Å²) in [6, 6.07) is 0.694. The highest BCUT2D eigenvalue weighted by molar-refractivity contribution is 8.13. The molecule has 1 aliphatic rings. The first-order valence-corrected chi connectivity index (χ1v) is 6.05. The maximum Gasteiger partial charge on any atom is 0.0676 e. The van der Waals surface area contributed by atoms with Crippen LogP contribution in [0, 0.1) is 5.92 Å². The SMILES string of the molecule is CS/C(CCC(C)C)=N/C1CC1. The van der Waals surface area contributed by atoms with Crippen molar-refractivity contribution in [1.82, 2.24) is 0 Å². The van der Waals surface area contributed by atoms with Crippen LogP contribution in [0.25, 0.3) is 0 Å². The Morgan fingerprint density at radius 1 is 1.50 bits per heavy atom. The maximum atomic E-state index is 4.66. The average molecular weight is 185 g/mol.